The van der Waals surface area contributed by atoms with E-state index < -0.39 is 23.5 Å². The number of hydrogen-bond acceptors (Lipinski definition) is 2. The molecule has 2 nitrogen and oxygen atoms in total. The van der Waals surface area contributed by atoms with Gasteiger partial charge in [-0.1, -0.05) is 23.7 Å². The van der Waals surface area contributed by atoms with Crippen molar-refractivity contribution in [3.8, 4) is 0 Å². The molecule has 0 aliphatic heterocycles. The number of halogens is 4. The van der Waals surface area contributed by atoms with Crippen molar-refractivity contribution < 1.29 is 13.2 Å². The van der Waals surface area contributed by atoms with Crippen molar-refractivity contribution in [3.63, 3.8) is 0 Å². The van der Waals surface area contributed by atoms with E-state index in [-0.39, 0.29) is 17.0 Å². The van der Waals surface area contributed by atoms with Crippen molar-refractivity contribution in [2.24, 2.45) is 5.84 Å². The lowest BCUT2D eigenvalue weighted by Crippen LogP contribution is -2.30. The molecule has 2 aromatic carbocycles. The fourth-order valence-corrected chi connectivity index (χ4v) is 2.25. The largest absolute Gasteiger partial charge is 0.271 e. The number of hydrogen-bond donors (Lipinski definition) is 2. The van der Waals surface area contributed by atoms with Gasteiger partial charge in [-0.2, -0.15) is 0 Å². The standard InChI is InChI=1S/C14H12ClF3N2/c15-12-6-9(16)3-4-11(12)14(20-19)5-8-1-2-10(17)7-13(8)18/h1-4,6-7,14,20H,5,19H2. The minimum atomic E-state index is -0.663. The summed E-state index contributed by atoms with van der Waals surface area (Å²) in [5.74, 6) is 3.66. The fraction of sp³-hybridized carbons (Fsp3) is 0.143. The van der Waals surface area contributed by atoms with Crippen molar-refractivity contribution in [2.75, 3.05) is 0 Å². The molecule has 0 heterocycles. The van der Waals surface area contributed by atoms with Crippen LogP contribution in [-0.2, 0) is 6.42 Å². The van der Waals surface area contributed by atoms with E-state index in [1.54, 1.807) is 0 Å². The molecule has 0 spiro atoms. The molecule has 2 aromatic rings. The summed E-state index contributed by atoms with van der Waals surface area (Å²) >= 11 is 5.94. The molecule has 0 saturated carbocycles. The third-order valence-electron chi connectivity index (χ3n) is 2.98. The van der Waals surface area contributed by atoms with E-state index in [1.807, 2.05) is 0 Å². The van der Waals surface area contributed by atoms with E-state index in [0.717, 1.165) is 18.2 Å². The molecule has 0 aromatic heterocycles. The molecule has 1 unspecified atom stereocenters. The number of benzene rings is 2. The van der Waals surface area contributed by atoms with E-state index in [4.69, 9.17) is 17.4 Å². The predicted octanol–water partition coefficient (Wildman–Crippen LogP) is 3.50. The highest BCUT2D eigenvalue weighted by atomic mass is 35.5. The first-order valence-electron chi connectivity index (χ1n) is 5.86. The van der Waals surface area contributed by atoms with Crippen molar-refractivity contribution in [1.29, 1.82) is 0 Å². The highest BCUT2D eigenvalue weighted by Crippen LogP contribution is 2.27. The Hall–Kier alpha value is -1.56. The average Bonchev–Trinajstić information content (AvgIpc) is 2.39. The highest BCUT2D eigenvalue weighted by molar-refractivity contribution is 6.31. The van der Waals surface area contributed by atoms with Gasteiger partial charge >= 0.3 is 0 Å². The Kier molecular flexibility index (Phi) is 4.65. The molecular formula is C14H12ClF3N2. The third-order valence-corrected chi connectivity index (χ3v) is 3.31. The molecule has 0 saturated heterocycles. The van der Waals surface area contributed by atoms with Crippen molar-refractivity contribution >= 4 is 11.6 Å². The van der Waals surface area contributed by atoms with Gasteiger partial charge in [-0.25, -0.2) is 13.2 Å². The van der Waals surface area contributed by atoms with Crippen LogP contribution in [-0.4, -0.2) is 0 Å². The minimum Gasteiger partial charge on any atom is -0.271 e. The number of hydrazine groups is 1. The van der Waals surface area contributed by atoms with Crippen molar-refractivity contribution in [2.45, 2.75) is 12.5 Å². The molecule has 3 N–H and O–H groups in total. The lowest BCUT2D eigenvalue weighted by molar-refractivity contribution is 0.521. The van der Waals surface area contributed by atoms with Crippen LogP contribution in [0.4, 0.5) is 13.2 Å². The summed E-state index contributed by atoms with van der Waals surface area (Å²) in [4.78, 5) is 0. The number of rotatable bonds is 4. The van der Waals surface area contributed by atoms with E-state index in [1.165, 1.54) is 18.2 Å². The average molecular weight is 301 g/mol. The van der Waals surface area contributed by atoms with Gasteiger partial charge in [0.1, 0.15) is 17.5 Å². The Bertz CT molecular complexity index is 619. The summed E-state index contributed by atoms with van der Waals surface area (Å²) < 4.78 is 39.5. The number of nitrogens with one attached hydrogen (secondary N) is 1. The number of nitrogens with two attached hydrogens (primary N) is 1. The van der Waals surface area contributed by atoms with Gasteiger partial charge < -0.3 is 0 Å². The van der Waals surface area contributed by atoms with Crippen LogP contribution in [0.2, 0.25) is 5.02 Å². The quantitative estimate of drug-likeness (QED) is 0.670. The predicted molar refractivity (Wildman–Crippen MR) is 71.5 cm³/mol. The topological polar surface area (TPSA) is 38.0 Å². The van der Waals surface area contributed by atoms with Crippen molar-refractivity contribution in [1.82, 2.24) is 5.43 Å². The monoisotopic (exact) mass is 300 g/mol. The lowest BCUT2D eigenvalue weighted by atomic mass is 9.99. The molecular weight excluding hydrogens is 289 g/mol. The van der Waals surface area contributed by atoms with Gasteiger partial charge in [0.05, 0.1) is 6.04 Å². The van der Waals surface area contributed by atoms with Crippen LogP contribution < -0.4 is 11.3 Å². The summed E-state index contributed by atoms with van der Waals surface area (Å²) in [5.41, 5.74) is 3.33. The fourth-order valence-electron chi connectivity index (χ4n) is 1.95. The molecule has 0 amide bonds. The van der Waals surface area contributed by atoms with Crippen LogP contribution in [0.25, 0.3) is 0 Å². The zero-order valence-electron chi connectivity index (χ0n) is 10.3. The van der Waals surface area contributed by atoms with Crippen molar-refractivity contribution in [3.05, 3.63) is 70.0 Å². The molecule has 0 aliphatic carbocycles. The third kappa shape index (κ3) is 3.30. The molecule has 0 radical (unpaired) electrons. The first-order valence-corrected chi connectivity index (χ1v) is 6.24. The molecule has 2 rings (SSSR count). The maximum atomic E-state index is 13.6. The summed E-state index contributed by atoms with van der Waals surface area (Å²) in [6, 6.07) is 6.67. The summed E-state index contributed by atoms with van der Waals surface area (Å²) in [6.45, 7) is 0. The first-order chi connectivity index (χ1) is 9.51. The van der Waals surface area contributed by atoms with Gasteiger partial charge in [-0.05, 0) is 35.7 Å². The van der Waals surface area contributed by atoms with E-state index >= 15 is 0 Å². The van der Waals surface area contributed by atoms with Crippen LogP contribution in [0.15, 0.2) is 36.4 Å². The van der Waals surface area contributed by atoms with E-state index in [0.29, 0.717) is 5.56 Å². The maximum Gasteiger partial charge on any atom is 0.129 e. The molecule has 0 bridgehead atoms. The zero-order valence-corrected chi connectivity index (χ0v) is 11.1. The maximum absolute atomic E-state index is 13.6. The van der Waals surface area contributed by atoms with Crippen LogP contribution >= 0.6 is 11.6 Å². The van der Waals surface area contributed by atoms with Gasteiger partial charge in [0.15, 0.2) is 0 Å². The summed E-state index contributed by atoms with van der Waals surface area (Å²) in [7, 11) is 0. The van der Waals surface area contributed by atoms with Crippen LogP contribution in [0.3, 0.4) is 0 Å². The van der Waals surface area contributed by atoms with Crippen LogP contribution in [0.5, 0.6) is 0 Å². The van der Waals surface area contributed by atoms with Crippen LogP contribution in [0, 0.1) is 17.5 Å². The second kappa shape index (κ2) is 6.26. The second-order valence-corrected chi connectivity index (χ2v) is 4.73. The Morgan fingerprint density at radius 1 is 1.05 bits per heavy atom. The Balaban J connectivity index is 2.28. The molecule has 1 atom stereocenters. The SMILES string of the molecule is NNC(Cc1ccc(F)cc1F)c1ccc(F)cc1Cl. The Morgan fingerprint density at radius 2 is 1.70 bits per heavy atom. The second-order valence-electron chi connectivity index (χ2n) is 4.32. The summed E-state index contributed by atoms with van der Waals surface area (Å²) in [5, 5.41) is 0.190. The molecule has 0 fully saturated rings. The normalized spacial score (nSPS) is 12.4. The van der Waals surface area contributed by atoms with E-state index in [2.05, 4.69) is 5.43 Å². The van der Waals surface area contributed by atoms with Gasteiger partial charge in [-0.3, -0.25) is 11.3 Å². The zero-order chi connectivity index (χ0) is 14.7. The van der Waals surface area contributed by atoms with Crippen LogP contribution in [0.1, 0.15) is 17.2 Å². The highest BCUT2D eigenvalue weighted by Gasteiger charge is 2.16. The molecule has 0 aliphatic rings. The Labute approximate surface area is 119 Å². The Morgan fingerprint density at radius 3 is 2.30 bits per heavy atom. The smallest absolute Gasteiger partial charge is 0.129 e. The molecule has 6 heteroatoms. The first kappa shape index (κ1) is 14.8. The molecule has 106 valence electrons. The van der Waals surface area contributed by atoms with Gasteiger partial charge in [0, 0.05) is 11.1 Å². The van der Waals surface area contributed by atoms with Gasteiger partial charge in [-0.15, -0.1) is 0 Å². The van der Waals surface area contributed by atoms with Gasteiger partial charge in [0.2, 0.25) is 0 Å². The lowest BCUT2D eigenvalue weighted by Gasteiger charge is -2.18. The van der Waals surface area contributed by atoms with E-state index in [9.17, 15) is 13.2 Å². The minimum absolute atomic E-state index is 0.161. The summed E-state index contributed by atoms with van der Waals surface area (Å²) in [6.07, 6.45) is 0.161. The van der Waals surface area contributed by atoms with Gasteiger partial charge in [0.25, 0.3) is 0 Å². The molecule has 20 heavy (non-hydrogen) atoms.